The van der Waals surface area contributed by atoms with E-state index in [-0.39, 0.29) is 6.04 Å². The highest BCUT2D eigenvalue weighted by molar-refractivity contribution is 5.00. The van der Waals surface area contributed by atoms with Gasteiger partial charge >= 0.3 is 0 Å². The molecule has 1 aromatic rings. The van der Waals surface area contributed by atoms with Crippen LogP contribution < -0.4 is 5.73 Å². The quantitative estimate of drug-likeness (QED) is 0.874. The van der Waals surface area contributed by atoms with Gasteiger partial charge in [0.1, 0.15) is 0 Å². The minimum absolute atomic E-state index is 0.00781. The number of nitrogens with two attached hydrogens (primary N) is 1. The summed E-state index contributed by atoms with van der Waals surface area (Å²) in [6.07, 6.45) is 10.3. The van der Waals surface area contributed by atoms with E-state index in [1.165, 1.54) is 38.5 Å². The molecule has 0 saturated heterocycles. The zero-order valence-corrected chi connectivity index (χ0v) is 11.7. The number of aryl methyl sites for hydroxylation is 1. The minimum atomic E-state index is 0.00781. The van der Waals surface area contributed by atoms with E-state index in [0.29, 0.717) is 5.92 Å². The van der Waals surface area contributed by atoms with Crippen LogP contribution in [0.5, 0.6) is 0 Å². The summed E-state index contributed by atoms with van der Waals surface area (Å²) >= 11 is 0. The Balaban J connectivity index is 1.82. The van der Waals surface area contributed by atoms with E-state index in [9.17, 15) is 0 Å². The van der Waals surface area contributed by atoms with Crippen LogP contribution in [0.3, 0.4) is 0 Å². The van der Waals surface area contributed by atoms with Crippen LogP contribution in [0.2, 0.25) is 0 Å². The van der Waals surface area contributed by atoms with Gasteiger partial charge in [-0.15, -0.1) is 5.10 Å². The molecule has 1 aromatic heterocycles. The molecule has 0 spiro atoms. The van der Waals surface area contributed by atoms with Crippen LogP contribution in [-0.4, -0.2) is 15.0 Å². The summed E-state index contributed by atoms with van der Waals surface area (Å²) < 4.78 is 1.96. The molecule has 1 atom stereocenters. The molecule has 1 unspecified atom stereocenters. The van der Waals surface area contributed by atoms with Crippen LogP contribution in [0.1, 0.15) is 64.1 Å². The van der Waals surface area contributed by atoms with Gasteiger partial charge < -0.3 is 5.73 Å². The Hall–Kier alpha value is -0.900. The van der Waals surface area contributed by atoms with Crippen molar-refractivity contribution >= 4 is 0 Å². The molecule has 1 fully saturated rings. The number of hydrogen-bond acceptors (Lipinski definition) is 3. The minimum Gasteiger partial charge on any atom is -0.322 e. The standard InChI is InChI=1S/C14H26N4/c1-11(2)14(15)13-10-18(17-16-13)9-8-12-6-4-3-5-7-12/h10-12,14H,3-9,15H2,1-2H3. The summed E-state index contributed by atoms with van der Waals surface area (Å²) in [5.41, 5.74) is 7.00. The van der Waals surface area contributed by atoms with Crippen molar-refractivity contribution in [2.75, 3.05) is 0 Å². The highest BCUT2D eigenvalue weighted by Crippen LogP contribution is 2.26. The van der Waals surface area contributed by atoms with E-state index in [0.717, 1.165) is 18.2 Å². The third-order valence-corrected chi connectivity index (χ3v) is 4.11. The van der Waals surface area contributed by atoms with Crippen molar-refractivity contribution in [1.29, 1.82) is 0 Å². The Morgan fingerprint density at radius 3 is 2.72 bits per heavy atom. The van der Waals surface area contributed by atoms with E-state index in [1.54, 1.807) is 0 Å². The van der Waals surface area contributed by atoms with Crippen molar-refractivity contribution in [3.63, 3.8) is 0 Å². The Bertz CT molecular complexity index is 352. The van der Waals surface area contributed by atoms with Crippen molar-refractivity contribution in [3.8, 4) is 0 Å². The molecule has 4 nitrogen and oxygen atoms in total. The maximum Gasteiger partial charge on any atom is 0.0996 e. The molecule has 1 aliphatic rings. The van der Waals surface area contributed by atoms with Gasteiger partial charge in [0.25, 0.3) is 0 Å². The number of hydrogen-bond donors (Lipinski definition) is 1. The van der Waals surface area contributed by atoms with Gasteiger partial charge in [-0.2, -0.15) is 0 Å². The summed E-state index contributed by atoms with van der Waals surface area (Å²) in [6.45, 7) is 5.22. The van der Waals surface area contributed by atoms with Crippen LogP contribution in [0.25, 0.3) is 0 Å². The zero-order valence-electron chi connectivity index (χ0n) is 11.7. The average Bonchev–Trinajstić information content (AvgIpc) is 2.85. The lowest BCUT2D eigenvalue weighted by Gasteiger charge is -2.21. The first-order valence-corrected chi connectivity index (χ1v) is 7.32. The third kappa shape index (κ3) is 3.55. The lowest BCUT2D eigenvalue weighted by atomic mass is 9.87. The topological polar surface area (TPSA) is 56.7 Å². The monoisotopic (exact) mass is 250 g/mol. The summed E-state index contributed by atoms with van der Waals surface area (Å²) in [4.78, 5) is 0. The first kappa shape index (κ1) is 13.5. The van der Waals surface area contributed by atoms with Gasteiger partial charge in [0, 0.05) is 6.54 Å². The maximum absolute atomic E-state index is 6.07. The van der Waals surface area contributed by atoms with E-state index in [2.05, 4.69) is 24.2 Å². The second-order valence-electron chi connectivity index (χ2n) is 5.97. The highest BCUT2D eigenvalue weighted by Gasteiger charge is 2.16. The number of nitrogens with zero attached hydrogens (tertiary/aromatic N) is 3. The molecule has 4 heteroatoms. The predicted octanol–water partition coefficient (Wildman–Crippen LogP) is 2.90. The van der Waals surface area contributed by atoms with E-state index in [4.69, 9.17) is 5.73 Å². The van der Waals surface area contributed by atoms with Crippen LogP contribution in [0.15, 0.2) is 6.20 Å². The molecule has 0 bridgehead atoms. The van der Waals surface area contributed by atoms with Crippen LogP contribution in [0.4, 0.5) is 0 Å². The molecule has 2 rings (SSSR count). The van der Waals surface area contributed by atoms with E-state index < -0.39 is 0 Å². The van der Waals surface area contributed by atoms with Gasteiger partial charge in [-0.1, -0.05) is 51.2 Å². The van der Waals surface area contributed by atoms with E-state index in [1.807, 2.05) is 10.9 Å². The summed E-state index contributed by atoms with van der Waals surface area (Å²) in [5.74, 6) is 1.30. The van der Waals surface area contributed by atoms with Crippen molar-refractivity contribution in [1.82, 2.24) is 15.0 Å². The Labute approximate surface area is 110 Å². The van der Waals surface area contributed by atoms with Crippen LogP contribution in [0, 0.1) is 11.8 Å². The molecule has 0 radical (unpaired) electrons. The Kier molecular flexibility index (Phi) is 4.75. The molecule has 0 aliphatic heterocycles. The van der Waals surface area contributed by atoms with Gasteiger partial charge in [0.15, 0.2) is 0 Å². The summed E-state index contributed by atoms with van der Waals surface area (Å²) in [6, 6.07) is 0.00781. The first-order chi connectivity index (χ1) is 8.66. The van der Waals surface area contributed by atoms with E-state index >= 15 is 0 Å². The Morgan fingerprint density at radius 2 is 2.06 bits per heavy atom. The highest BCUT2D eigenvalue weighted by atomic mass is 15.4. The molecule has 0 aromatic carbocycles. The van der Waals surface area contributed by atoms with Gasteiger partial charge in [0.2, 0.25) is 0 Å². The van der Waals surface area contributed by atoms with Crippen LogP contribution >= 0.6 is 0 Å². The average molecular weight is 250 g/mol. The lowest BCUT2D eigenvalue weighted by Crippen LogP contribution is -2.17. The number of aromatic nitrogens is 3. The fourth-order valence-electron chi connectivity index (χ4n) is 2.71. The molecule has 2 N–H and O–H groups in total. The maximum atomic E-state index is 6.07. The fourth-order valence-corrected chi connectivity index (χ4v) is 2.71. The second-order valence-corrected chi connectivity index (χ2v) is 5.97. The smallest absolute Gasteiger partial charge is 0.0996 e. The molecule has 1 aliphatic carbocycles. The van der Waals surface area contributed by atoms with Gasteiger partial charge in [0.05, 0.1) is 17.9 Å². The first-order valence-electron chi connectivity index (χ1n) is 7.32. The SMILES string of the molecule is CC(C)C(N)c1cn(CCC2CCCCC2)nn1. The lowest BCUT2D eigenvalue weighted by molar-refractivity contribution is 0.317. The molecule has 1 heterocycles. The largest absolute Gasteiger partial charge is 0.322 e. The van der Waals surface area contributed by atoms with Gasteiger partial charge in [-0.3, -0.25) is 4.68 Å². The summed E-state index contributed by atoms with van der Waals surface area (Å²) in [5, 5.41) is 8.38. The normalized spacial score (nSPS) is 19.3. The third-order valence-electron chi connectivity index (χ3n) is 4.11. The van der Waals surface area contributed by atoms with Crippen molar-refractivity contribution in [2.45, 2.75) is 65.0 Å². The predicted molar refractivity (Wildman–Crippen MR) is 73.0 cm³/mol. The number of rotatable bonds is 5. The van der Waals surface area contributed by atoms with Crippen LogP contribution in [-0.2, 0) is 6.54 Å². The Morgan fingerprint density at radius 1 is 1.33 bits per heavy atom. The van der Waals surface area contributed by atoms with Crippen molar-refractivity contribution in [2.24, 2.45) is 17.6 Å². The molecule has 18 heavy (non-hydrogen) atoms. The zero-order chi connectivity index (χ0) is 13.0. The second kappa shape index (κ2) is 6.32. The van der Waals surface area contributed by atoms with Gasteiger partial charge in [-0.05, 0) is 18.3 Å². The van der Waals surface area contributed by atoms with Crippen molar-refractivity contribution in [3.05, 3.63) is 11.9 Å². The fraction of sp³-hybridized carbons (Fsp3) is 0.857. The summed E-state index contributed by atoms with van der Waals surface area (Å²) in [7, 11) is 0. The molecule has 0 amide bonds. The molecular weight excluding hydrogens is 224 g/mol. The molecular formula is C14H26N4. The van der Waals surface area contributed by atoms with Gasteiger partial charge in [-0.25, -0.2) is 0 Å². The van der Waals surface area contributed by atoms with Crippen molar-refractivity contribution < 1.29 is 0 Å². The molecule has 102 valence electrons. The molecule has 1 saturated carbocycles.